The van der Waals surface area contributed by atoms with E-state index < -0.39 is 0 Å². The summed E-state index contributed by atoms with van der Waals surface area (Å²) in [5, 5.41) is 4.67. The van der Waals surface area contributed by atoms with Crippen molar-refractivity contribution < 1.29 is 4.42 Å². The maximum atomic E-state index is 6.08. The van der Waals surface area contributed by atoms with E-state index in [-0.39, 0.29) is 0 Å². The molecule has 0 unspecified atom stereocenters. The molecule has 4 heteroatoms. The van der Waals surface area contributed by atoms with Crippen LogP contribution >= 0.6 is 0 Å². The van der Waals surface area contributed by atoms with E-state index in [1.807, 2.05) is 12.3 Å². The topological polar surface area (TPSA) is 34.2 Å². The second-order valence-corrected chi connectivity index (χ2v) is 11.3. The van der Waals surface area contributed by atoms with Gasteiger partial charge in [0, 0.05) is 50.5 Å². The van der Waals surface area contributed by atoms with E-state index >= 15 is 0 Å². The second-order valence-electron chi connectivity index (χ2n) is 11.3. The van der Waals surface area contributed by atoms with Crippen molar-refractivity contribution in [3.05, 3.63) is 164 Å². The average molecular weight is 578 g/mol. The van der Waals surface area contributed by atoms with E-state index in [1.54, 1.807) is 6.20 Å². The van der Waals surface area contributed by atoms with Gasteiger partial charge in [0.2, 0.25) is 0 Å². The Bertz CT molecular complexity index is 2440. The molecule has 6 aromatic carbocycles. The minimum Gasteiger partial charge on any atom is -0.454 e. The number of fused-ring (bicyclic) bond motifs is 6. The molecular weight excluding hydrogens is 550 g/mol. The molecule has 0 fully saturated rings. The van der Waals surface area contributed by atoms with Gasteiger partial charge in [0.25, 0.3) is 0 Å². The lowest BCUT2D eigenvalue weighted by atomic mass is 10.0. The Morgan fingerprint density at radius 1 is 0.467 bits per heavy atom. The molecule has 3 aromatic heterocycles. The lowest BCUT2D eigenvalue weighted by molar-refractivity contribution is 0.667. The van der Waals surface area contributed by atoms with Crippen molar-refractivity contribution in [3.8, 4) is 16.8 Å². The molecule has 0 aliphatic carbocycles. The molecule has 4 nitrogen and oxygen atoms in total. The summed E-state index contributed by atoms with van der Waals surface area (Å²) in [7, 11) is 0. The number of para-hydroxylation sites is 3. The van der Waals surface area contributed by atoms with Crippen LogP contribution in [-0.4, -0.2) is 9.55 Å². The van der Waals surface area contributed by atoms with Gasteiger partial charge in [-0.25, -0.2) is 0 Å². The van der Waals surface area contributed by atoms with Gasteiger partial charge >= 0.3 is 0 Å². The summed E-state index contributed by atoms with van der Waals surface area (Å²) in [6.45, 7) is 0. The van der Waals surface area contributed by atoms with Crippen molar-refractivity contribution in [2.24, 2.45) is 0 Å². The molecule has 0 bridgehead atoms. The van der Waals surface area contributed by atoms with Crippen molar-refractivity contribution in [2.75, 3.05) is 4.90 Å². The van der Waals surface area contributed by atoms with Crippen molar-refractivity contribution in [1.82, 2.24) is 9.55 Å². The Labute approximate surface area is 260 Å². The molecule has 0 saturated carbocycles. The number of hydrogen-bond donors (Lipinski definition) is 0. The fourth-order valence-corrected chi connectivity index (χ4v) is 6.61. The Kier molecular flexibility index (Phi) is 5.78. The predicted octanol–water partition coefficient (Wildman–Crippen LogP) is 11.2. The zero-order chi connectivity index (χ0) is 29.7. The lowest BCUT2D eigenvalue weighted by Crippen LogP contribution is -2.09. The normalized spacial score (nSPS) is 11.6. The zero-order valence-electron chi connectivity index (χ0n) is 24.3. The van der Waals surface area contributed by atoms with Crippen LogP contribution in [-0.2, 0) is 0 Å². The van der Waals surface area contributed by atoms with Gasteiger partial charge in [0.15, 0.2) is 5.58 Å². The quantitative estimate of drug-likeness (QED) is 0.204. The van der Waals surface area contributed by atoms with Gasteiger partial charge in [-0.1, -0.05) is 78.9 Å². The maximum Gasteiger partial charge on any atom is 0.153 e. The van der Waals surface area contributed by atoms with Gasteiger partial charge < -0.3 is 13.9 Å². The number of nitrogens with zero attached hydrogens (tertiary/aromatic N) is 3. The third-order valence-electron chi connectivity index (χ3n) is 8.67. The summed E-state index contributed by atoms with van der Waals surface area (Å²) in [4.78, 5) is 6.54. The number of rotatable bonds is 5. The first-order valence-corrected chi connectivity index (χ1v) is 15.1. The first-order chi connectivity index (χ1) is 22.3. The van der Waals surface area contributed by atoms with E-state index in [0.29, 0.717) is 0 Å². The standard InChI is InChI=1S/C41H27N3O/c1-2-10-30(11-3-1)43(33-21-22-40-37(26-33)36-23-24-42-27-41(36)45-40)32-12-8-9-29(25-32)28-17-19-31(20-18-28)44-38-15-6-4-13-34(38)35-14-5-7-16-39(35)44/h1-27H. The molecule has 9 rings (SSSR count). The Balaban J connectivity index is 1.14. The summed E-state index contributed by atoms with van der Waals surface area (Å²) < 4.78 is 8.43. The number of aromatic nitrogens is 2. The van der Waals surface area contributed by atoms with Crippen LogP contribution < -0.4 is 4.90 Å². The summed E-state index contributed by atoms with van der Waals surface area (Å²) in [5.74, 6) is 0. The van der Waals surface area contributed by atoms with Crippen LogP contribution in [0.15, 0.2) is 168 Å². The summed E-state index contributed by atoms with van der Waals surface area (Å²) in [6, 6.07) is 53.8. The first-order valence-electron chi connectivity index (χ1n) is 15.1. The fraction of sp³-hybridized carbons (Fsp3) is 0. The highest BCUT2D eigenvalue weighted by atomic mass is 16.3. The molecule has 0 aliphatic heterocycles. The maximum absolute atomic E-state index is 6.08. The largest absolute Gasteiger partial charge is 0.454 e. The van der Waals surface area contributed by atoms with E-state index in [9.17, 15) is 0 Å². The monoisotopic (exact) mass is 577 g/mol. The van der Waals surface area contributed by atoms with Gasteiger partial charge in [-0.15, -0.1) is 0 Å². The van der Waals surface area contributed by atoms with Gasteiger partial charge in [-0.2, -0.15) is 0 Å². The fourth-order valence-electron chi connectivity index (χ4n) is 6.61. The van der Waals surface area contributed by atoms with E-state index in [4.69, 9.17) is 4.42 Å². The first kappa shape index (κ1) is 25.4. The van der Waals surface area contributed by atoms with Crippen LogP contribution in [0, 0.1) is 0 Å². The summed E-state index contributed by atoms with van der Waals surface area (Å²) >= 11 is 0. The van der Waals surface area contributed by atoms with Crippen LogP contribution in [0.5, 0.6) is 0 Å². The molecule has 45 heavy (non-hydrogen) atoms. The van der Waals surface area contributed by atoms with Gasteiger partial charge in [-0.3, -0.25) is 4.98 Å². The molecule has 3 heterocycles. The minimum absolute atomic E-state index is 0.794. The van der Waals surface area contributed by atoms with E-state index in [0.717, 1.165) is 55.8 Å². The highest BCUT2D eigenvalue weighted by molar-refractivity contribution is 6.09. The Morgan fingerprint density at radius 3 is 1.93 bits per heavy atom. The van der Waals surface area contributed by atoms with Crippen LogP contribution in [0.3, 0.4) is 0 Å². The number of anilines is 3. The third-order valence-corrected chi connectivity index (χ3v) is 8.67. The Hall–Kier alpha value is -6.13. The molecular formula is C41H27N3O. The molecule has 9 aromatic rings. The van der Waals surface area contributed by atoms with Crippen LogP contribution in [0.2, 0.25) is 0 Å². The van der Waals surface area contributed by atoms with Gasteiger partial charge in [0.1, 0.15) is 5.58 Å². The van der Waals surface area contributed by atoms with Crippen molar-refractivity contribution >= 4 is 60.8 Å². The molecule has 0 radical (unpaired) electrons. The highest BCUT2D eigenvalue weighted by Gasteiger charge is 2.16. The lowest BCUT2D eigenvalue weighted by Gasteiger charge is -2.26. The molecule has 0 amide bonds. The molecule has 212 valence electrons. The van der Waals surface area contributed by atoms with Gasteiger partial charge in [-0.05, 0) is 83.9 Å². The minimum atomic E-state index is 0.794. The van der Waals surface area contributed by atoms with Crippen molar-refractivity contribution in [1.29, 1.82) is 0 Å². The zero-order valence-corrected chi connectivity index (χ0v) is 24.3. The van der Waals surface area contributed by atoms with Crippen molar-refractivity contribution in [3.63, 3.8) is 0 Å². The van der Waals surface area contributed by atoms with Crippen LogP contribution in [0.25, 0.3) is 60.6 Å². The van der Waals surface area contributed by atoms with E-state index in [2.05, 4.69) is 160 Å². The second kappa shape index (κ2) is 10.2. The number of furan rings is 1. The molecule has 0 N–H and O–H groups in total. The Morgan fingerprint density at radius 2 is 1.16 bits per heavy atom. The summed E-state index contributed by atoms with van der Waals surface area (Å²) in [5.41, 5.74) is 10.8. The molecule has 0 aliphatic rings. The highest BCUT2D eigenvalue weighted by Crippen LogP contribution is 2.40. The molecule has 0 spiro atoms. The molecule has 0 saturated heterocycles. The van der Waals surface area contributed by atoms with Crippen LogP contribution in [0.1, 0.15) is 0 Å². The number of benzene rings is 6. The van der Waals surface area contributed by atoms with Crippen molar-refractivity contribution in [2.45, 2.75) is 0 Å². The third kappa shape index (κ3) is 4.19. The summed E-state index contributed by atoms with van der Waals surface area (Å²) in [6.07, 6.45) is 3.59. The predicted molar refractivity (Wildman–Crippen MR) is 186 cm³/mol. The number of pyridine rings is 1. The van der Waals surface area contributed by atoms with Gasteiger partial charge in [0.05, 0.1) is 17.2 Å². The average Bonchev–Trinajstić information content (AvgIpc) is 3.65. The van der Waals surface area contributed by atoms with E-state index in [1.165, 1.54) is 21.8 Å². The van der Waals surface area contributed by atoms with Crippen LogP contribution in [0.4, 0.5) is 17.1 Å². The SMILES string of the molecule is c1ccc(N(c2cccc(-c3ccc(-n4c5ccccc5c5ccccc54)cc3)c2)c2ccc3oc4cnccc4c3c2)cc1. The smallest absolute Gasteiger partial charge is 0.153 e. The molecule has 0 atom stereocenters. The number of hydrogen-bond acceptors (Lipinski definition) is 3.